The van der Waals surface area contributed by atoms with Gasteiger partial charge in [-0.05, 0) is 11.6 Å². The van der Waals surface area contributed by atoms with Crippen molar-refractivity contribution in [1.82, 2.24) is 9.88 Å². The monoisotopic (exact) mass is 386 g/mol. The van der Waals surface area contributed by atoms with Crippen LogP contribution in [0.5, 0.6) is 5.19 Å². The van der Waals surface area contributed by atoms with Crippen LogP contribution in [0.4, 0.5) is 8.78 Å². The zero-order valence-corrected chi connectivity index (χ0v) is 15.1. The summed E-state index contributed by atoms with van der Waals surface area (Å²) in [5, 5.41) is 0.451. The van der Waals surface area contributed by atoms with Gasteiger partial charge in [-0.3, -0.25) is 4.79 Å². The van der Waals surface area contributed by atoms with Gasteiger partial charge in [-0.15, -0.1) is 0 Å². The number of thiazole rings is 1. The highest BCUT2D eigenvalue weighted by Crippen LogP contribution is 2.31. The summed E-state index contributed by atoms with van der Waals surface area (Å²) in [5.74, 6) is -1.48. The summed E-state index contributed by atoms with van der Waals surface area (Å²) < 4.78 is 32.7. The Morgan fingerprint density at radius 1 is 1.15 bits per heavy atom. The number of benzene rings is 2. The van der Waals surface area contributed by atoms with E-state index >= 15 is 0 Å². The maximum absolute atomic E-state index is 13.9. The number of ether oxygens (including phenoxy) is 1. The Morgan fingerprint density at radius 3 is 2.74 bits per heavy atom. The summed E-state index contributed by atoms with van der Waals surface area (Å²) in [6.07, 6.45) is 0.578. The van der Waals surface area contributed by atoms with E-state index in [4.69, 9.17) is 4.74 Å². The van der Waals surface area contributed by atoms with Crippen molar-refractivity contribution in [2.24, 2.45) is 0 Å². The van der Waals surface area contributed by atoms with Gasteiger partial charge in [0.2, 0.25) is 0 Å². The van der Waals surface area contributed by atoms with Crippen molar-refractivity contribution < 1.29 is 18.3 Å². The van der Waals surface area contributed by atoms with Crippen molar-refractivity contribution in [2.75, 3.05) is 6.54 Å². The minimum atomic E-state index is -0.648. The summed E-state index contributed by atoms with van der Waals surface area (Å²) in [5.41, 5.74) is 2.02. The van der Waals surface area contributed by atoms with Gasteiger partial charge in [0.25, 0.3) is 11.1 Å². The number of halogens is 2. The predicted octanol–water partition coefficient (Wildman–Crippen LogP) is 4.20. The highest BCUT2D eigenvalue weighted by molar-refractivity contribution is 7.15. The molecule has 0 bridgehead atoms. The lowest BCUT2D eigenvalue weighted by Crippen LogP contribution is -2.36. The van der Waals surface area contributed by atoms with E-state index in [1.165, 1.54) is 23.5 Å². The summed E-state index contributed by atoms with van der Waals surface area (Å²) in [6, 6.07) is 13.1. The summed E-state index contributed by atoms with van der Waals surface area (Å²) >= 11 is 1.21. The molecule has 0 atom stereocenters. The molecule has 3 aromatic rings. The number of nitrogens with zero attached hydrogens (tertiary/aromatic N) is 2. The van der Waals surface area contributed by atoms with Crippen molar-refractivity contribution in [3.05, 3.63) is 81.9 Å². The number of rotatable bonds is 5. The van der Waals surface area contributed by atoms with Crippen LogP contribution in [0.3, 0.4) is 0 Å². The van der Waals surface area contributed by atoms with E-state index < -0.39 is 11.6 Å². The molecule has 0 saturated heterocycles. The molecule has 0 radical (unpaired) electrons. The zero-order chi connectivity index (χ0) is 18.8. The Bertz CT molecular complexity index is 975. The molecule has 2 aromatic carbocycles. The Kier molecular flexibility index (Phi) is 4.85. The van der Waals surface area contributed by atoms with Gasteiger partial charge in [0.1, 0.15) is 23.1 Å². The highest BCUT2D eigenvalue weighted by Gasteiger charge is 2.29. The highest BCUT2D eigenvalue weighted by atomic mass is 32.1. The van der Waals surface area contributed by atoms with Crippen LogP contribution in [0, 0.1) is 11.6 Å². The van der Waals surface area contributed by atoms with E-state index in [2.05, 4.69) is 4.98 Å². The third-order valence-electron chi connectivity index (χ3n) is 4.36. The molecule has 0 unspecified atom stereocenters. The topological polar surface area (TPSA) is 42.4 Å². The number of aromatic nitrogens is 1. The molecule has 0 fully saturated rings. The lowest BCUT2D eigenvalue weighted by Gasteiger charge is -2.26. The molecule has 138 valence electrons. The van der Waals surface area contributed by atoms with Gasteiger partial charge < -0.3 is 9.64 Å². The average molecular weight is 386 g/mol. The number of carbonyl (C=O) groups is 1. The quantitative estimate of drug-likeness (QED) is 0.660. The second-order valence-corrected chi connectivity index (χ2v) is 7.20. The van der Waals surface area contributed by atoms with E-state index in [-0.39, 0.29) is 12.5 Å². The Labute approximate surface area is 159 Å². The van der Waals surface area contributed by atoms with Crippen molar-refractivity contribution in [3.8, 4) is 5.19 Å². The molecule has 7 heteroatoms. The van der Waals surface area contributed by atoms with Gasteiger partial charge in [-0.25, -0.2) is 13.8 Å². The maximum Gasteiger partial charge on any atom is 0.274 e. The van der Waals surface area contributed by atoms with Crippen LogP contribution in [0.2, 0.25) is 0 Å². The standard InChI is InChI=1S/C20H16F2N2O2S/c21-15-7-6-14(16(22)10-15)11-24-9-8-17-18(19(24)25)27-20(23-17)26-12-13-4-2-1-3-5-13/h1-7,10H,8-9,11-12H2. The molecule has 0 N–H and O–H groups in total. The molecule has 1 aromatic heterocycles. The van der Waals surface area contributed by atoms with Crippen LogP contribution in [0.15, 0.2) is 48.5 Å². The molecule has 1 aliphatic rings. The number of carbonyl (C=O) groups excluding carboxylic acids is 1. The van der Waals surface area contributed by atoms with Crippen LogP contribution >= 0.6 is 11.3 Å². The Balaban J connectivity index is 1.46. The van der Waals surface area contributed by atoms with E-state index in [1.807, 2.05) is 30.3 Å². The molecule has 27 heavy (non-hydrogen) atoms. The molecule has 0 spiro atoms. The molecule has 0 saturated carbocycles. The first-order chi connectivity index (χ1) is 13.1. The smallest absolute Gasteiger partial charge is 0.274 e. The zero-order valence-electron chi connectivity index (χ0n) is 14.3. The van der Waals surface area contributed by atoms with Crippen molar-refractivity contribution in [2.45, 2.75) is 19.6 Å². The fourth-order valence-electron chi connectivity index (χ4n) is 2.94. The third-order valence-corrected chi connectivity index (χ3v) is 5.36. The molecule has 4 nitrogen and oxygen atoms in total. The molecule has 4 rings (SSSR count). The largest absolute Gasteiger partial charge is 0.465 e. The molecular formula is C20H16F2N2O2S. The van der Waals surface area contributed by atoms with Crippen LogP contribution in [-0.4, -0.2) is 22.3 Å². The normalized spacial score (nSPS) is 13.6. The van der Waals surface area contributed by atoms with Gasteiger partial charge >= 0.3 is 0 Å². The molecular weight excluding hydrogens is 370 g/mol. The van der Waals surface area contributed by atoms with E-state index in [9.17, 15) is 13.6 Å². The van der Waals surface area contributed by atoms with Gasteiger partial charge in [0.05, 0.1) is 5.69 Å². The predicted molar refractivity (Wildman–Crippen MR) is 97.7 cm³/mol. The van der Waals surface area contributed by atoms with Crippen molar-refractivity contribution in [3.63, 3.8) is 0 Å². The first-order valence-corrected chi connectivity index (χ1v) is 9.31. The maximum atomic E-state index is 13.9. The van der Waals surface area contributed by atoms with Gasteiger partial charge in [0, 0.05) is 31.1 Å². The summed E-state index contributed by atoms with van der Waals surface area (Å²) in [4.78, 5) is 19.2. The van der Waals surface area contributed by atoms with E-state index in [0.717, 1.165) is 11.6 Å². The third kappa shape index (κ3) is 3.83. The minimum Gasteiger partial charge on any atom is -0.465 e. The van der Waals surface area contributed by atoms with Crippen LogP contribution in [0.1, 0.15) is 26.5 Å². The number of hydrogen-bond donors (Lipinski definition) is 0. The first kappa shape index (κ1) is 17.6. The molecule has 1 aliphatic heterocycles. The fraction of sp³-hybridized carbons (Fsp3) is 0.200. The second-order valence-electron chi connectivity index (χ2n) is 6.24. The minimum absolute atomic E-state index is 0.0997. The molecule has 2 heterocycles. The second kappa shape index (κ2) is 7.44. The SMILES string of the molecule is O=C1c2sc(OCc3ccccc3)nc2CCN1Cc1ccc(F)cc1F. The van der Waals surface area contributed by atoms with Crippen molar-refractivity contribution >= 4 is 17.2 Å². The van der Waals surface area contributed by atoms with Crippen LogP contribution in [-0.2, 0) is 19.6 Å². The summed E-state index contributed by atoms with van der Waals surface area (Å²) in [6.45, 7) is 0.916. The first-order valence-electron chi connectivity index (χ1n) is 8.50. The lowest BCUT2D eigenvalue weighted by molar-refractivity contribution is 0.0730. The Hall–Kier alpha value is -2.80. The van der Waals surface area contributed by atoms with Gasteiger partial charge in [-0.1, -0.05) is 47.7 Å². The Morgan fingerprint density at radius 2 is 1.96 bits per heavy atom. The average Bonchev–Trinajstić information content (AvgIpc) is 3.09. The van der Waals surface area contributed by atoms with E-state index in [1.54, 1.807) is 4.90 Å². The van der Waals surface area contributed by atoms with Gasteiger partial charge in [-0.2, -0.15) is 0 Å². The summed E-state index contributed by atoms with van der Waals surface area (Å²) in [7, 11) is 0. The number of amides is 1. The van der Waals surface area contributed by atoms with E-state index in [0.29, 0.717) is 40.9 Å². The van der Waals surface area contributed by atoms with Gasteiger partial charge in [0.15, 0.2) is 0 Å². The fourth-order valence-corrected chi connectivity index (χ4v) is 3.87. The lowest BCUT2D eigenvalue weighted by atomic mass is 10.1. The van der Waals surface area contributed by atoms with Crippen molar-refractivity contribution in [1.29, 1.82) is 0 Å². The number of fused-ring (bicyclic) bond motifs is 1. The molecule has 1 amide bonds. The number of hydrogen-bond acceptors (Lipinski definition) is 4. The van der Waals surface area contributed by atoms with Crippen LogP contribution in [0.25, 0.3) is 0 Å². The van der Waals surface area contributed by atoms with Crippen LogP contribution < -0.4 is 4.74 Å². The molecule has 0 aliphatic carbocycles.